The summed E-state index contributed by atoms with van der Waals surface area (Å²) in [5.74, 6) is 0.776. The van der Waals surface area contributed by atoms with Crippen LogP contribution >= 0.6 is 0 Å². The van der Waals surface area contributed by atoms with Crippen LogP contribution in [-0.4, -0.2) is 31.1 Å². The number of hydrazine groups is 1. The summed E-state index contributed by atoms with van der Waals surface area (Å²) >= 11 is 0. The second-order valence-corrected chi connectivity index (χ2v) is 5.72. The molecule has 6 nitrogen and oxygen atoms in total. The third kappa shape index (κ3) is 3.98. The third-order valence-electron chi connectivity index (χ3n) is 3.82. The number of carbonyl (C=O) groups is 2. The van der Waals surface area contributed by atoms with Crippen molar-refractivity contribution in [3.63, 3.8) is 0 Å². The number of hydrogen-bond donors (Lipinski definition) is 2. The molecule has 1 atom stereocenters. The Balaban J connectivity index is 1.45. The molecule has 2 N–H and O–H groups in total. The summed E-state index contributed by atoms with van der Waals surface area (Å²) in [5, 5.41) is 0. The molecule has 1 heterocycles. The number of nitrogens with one attached hydrogen (secondary N) is 2. The van der Waals surface area contributed by atoms with Gasteiger partial charge in [0.1, 0.15) is 11.9 Å². The van der Waals surface area contributed by atoms with E-state index in [4.69, 9.17) is 9.47 Å². The van der Waals surface area contributed by atoms with E-state index in [-0.39, 0.29) is 11.8 Å². The number of benzene rings is 1. The lowest BCUT2D eigenvalue weighted by Crippen LogP contribution is -2.46. The van der Waals surface area contributed by atoms with Gasteiger partial charge in [0.05, 0.1) is 6.61 Å². The number of carbonyl (C=O) groups excluding carboxylic acids is 2. The third-order valence-corrected chi connectivity index (χ3v) is 3.82. The molecule has 22 heavy (non-hydrogen) atoms. The molecule has 1 aromatic rings. The highest BCUT2D eigenvalue weighted by molar-refractivity contribution is 5.95. The van der Waals surface area contributed by atoms with E-state index in [2.05, 4.69) is 10.9 Å². The molecule has 0 radical (unpaired) electrons. The van der Waals surface area contributed by atoms with E-state index in [1.54, 1.807) is 24.3 Å². The average molecular weight is 304 g/mol. The van der Waals surface area contributed by atoms with E-state index in [1.165, 1.54) is 12.8 Å². The van der Waals surface area contributed by atoms with Gasteiger partial charge >= 0.3 is 0 Å². The molecule has 1 aliphatic heterocycles. The van der Waals surface area contributed by atoms with Crippen molar-refractivity contribution >= 4 is 11.8 Å². The van der Waals surface area contributed by atoms with Crippen LogP contribution < -0.4 is 15.6 Å². The molecule has 1 saturated carbocycles. The van der Waals surface area contributed by atoms with Crippen molar-refractivity contribution in [1.29, 1.82) is 0 Å². The van der Waals surface area contributed by atoms with Gasteiger partial charge in [0, 0.05) is 12.2 Å². The van der Waals surface area contributed by atoms with Crippen LogP contribution in [0.4, 0.5) is 0 Å². The molecule has 2 aliphatic rings. The minimum Gasteiger partial charge on any atom is -0.493 e. The van der Waals surface area contributed by atoms with Crippen molar-refractivity contribution in [2.24, 2.45) is 5.92 Å². The molecule has 1 aliphatic carbocycles. The Morgan fingerprint density at radius 1 is 1.14 bits per heavy atom. The van der Waals surface area contributed by atoms with Gasteiger partial charge in [-0.1, -0.05) is 0 Å². The molecular formula is C16H20N2O4. The standard InChI is InChI=1S/C16H20N2O4/c19-15(17-18-16(20)14-2-1-9-21-14)12-5-7-13(8-6-12)22-10-11-3-4-11/h5-8,11,14H,1-4,9-10H2,(H,17,19)(H,18,20). The fourth-order valence-electron chi connectivity index (χ4n) is 2.26. The molecule has 2 amide bonds. The molecule has 118 valence electrons. The molecule has 3 rings (SSSR count). The Morgan fingerprint density at radius 2 is 1.91 bits per heavy atom. The summed E-state index contributed by atoms with van der Waals surface area (Å²) < 4.78 is 10.9. The van der Waals surface area contributed by atoms with Crippen LogP contribution in [0.15, 0.2) is 24.3 Å². The summed E-state index contributed by atoms with van der Waals surface area (Å²) in [6, 6.07) is 6.88. The number of rotatable bonds is 5. The van der Waals surface area contributed by atoms with Gasteiger partial charge in [-0.05, 0) is 55.9 Å². The first kappa shape index (κ1) is 14.8. The van der Waals surface area contributed by atoms with E-state index in [9.17, 15) is 9.59 Å². The zero-order valence-corrected chi connectivity index (χ0v) is 12.3. The Hall–Kier alpha value is -2.08. The lowest BCUT2D eigenvalue weighted by molar-refractivity contribution is -0.130. The van der Waals surface area contributed by atoms with Crippen molar-refractivity contribution in [3.05, 3.63) is 29.8 Å². The predicted octanol–water partition coefficient (Wildman–Crippen LogP) is 1.42. The van der Waals surface area contributed by atoms with Gasteiger partial charge in [-0.2, -0.15) is 0 Å². The fraction of sp³-hybridized carbons (Fsp3) is 0.500. The Labute approximate surface area is 129 Å². The smallest absolute Gasteiger partial charge is 0.269 e. The number of hydrogen-bond acceptors (Lipinski definition) is 4. The Kier molecular flexibility index (Phi) is 4.58. The lowest BCUT2D eigenvalue weighted by Gasteiger charge is -2.11. The van der Waals surface area contributed by atoms with E-state index in [0.29, 0.717) is 24.5 Å². The van der Waals surface area contributed by atoms with E-state index < -0.39 is 6.10 Å². The second kappa shape index (κ2) is 6.79. The van der Waals surface area contributed by atoms with Crippen molar-refractivity contribution in [2.45, 2.75) is 31.8 Å². The largest absolute Gasteiger partial charge is 0.493 e. The quantitative estimate of drug-likeness (QED) is 0.807. The minimum absolute atomic E-state index is 0.310. The first-order valence-electron chi connectivity index (χ1n) is 7.67. The summed E-state index contributed by atoms with van der Waals surface area (Å²) in [7, 11) is 0. The first-order chi connectivity index (χ1) is 10.7. The van der Waals surface area contributed by atoms with Gasteiger partial charge in [0.15, 0.2) is 0 Å². The van der Waals surface area contributed by atoms with Gasteiger partial charge in [-0.25, -0.2) is 0 Å². The zero-order chi connectivity index (χ0) is 15.4. The van der Waals surface area contributed by atoms with Gasteiger partial charge in [-0.3, -0.25) is 20.4 Å². The maximum absolute atomic E-state index is 11.9. The highest BCUT2D eigenvalue weighted by Crippen LogP contribution is 2.29. The molecule has 6 heteroatoms. The molecule has 0 bridgehead atoms. The Morgan fingerprint density at radius 3 is 2.55 bits per heavy atom. The SMILES string of the molecule is O=C(NNC(=O)C1CCCO1)c1ccc(OCC2CC2)cc1. The van der Waals surface area contributed by atoms with Crippen LogP contribution in [0.5, 0.6) is 5.75 Å². The highest BCUT2D eigenvalue weighted by Gasteiger charge is 2.24. The van der Waals surface area contributed by atoms with Crippen molar-refractivity contribution < 1.29 is 19.1 Å². The van der Waals surface area contributed by atoms with E-state index in [0.717, 1.165) is 18.8 Å². The monoisotopic (exact) mass is 304 g/mol. The fourth-order valence-corrected chi connectivity index (χ4v) is 2.26. The molecular weight excluding hydrogens is 284 g/mol. The molecule has 1 saturated heterocycles. The topological polar surface area (TPSA) is 76.7 Å². The number of amides is 2. The van der Waals surface area contributed by atoms with Crippen LogP contribution in [0.3, 0.4) is 0 Å². The van der Waals surface area contributed by atoms with Gasteiger partial charge in [-0.15, -0.1) is 0 Å². The predicted molar refractivity (Wildman–Crippen MR) is 79.2 cm³/mol. The molecule has 2 fully saturated rings. The summed E-state index contributed by atoms with van der Waals surface area (Å²) in [6.45, 7) is 1.33. The van der Waals surface area contributed by atoms with Crippen LogP contribution in [0.25, 0.3) is 0 Å². The van der Waals surface area contributed by atoms with Crippen LogP contribution in [0, 0.1) is 5.92 Å². The van der Waals surface area contributed by atoms with Gasteiger partial charge in [0.25, 0.3) is 11.8 Å². The van der Waals surface area contributed by atoms with E-state index >= 15 is 0 Å². The van der Waals surface area contributed by atoms with Crippen LogP contribution in [0.1, 0.15) is 36.0 Å². The summed E-state index contributed by atoms with van der Waals surface area (Å²) in [5.41, 5.74) is 5.25. The van der Waals surface area contributed by atoms with Crippen LogP contribution in [0.2, 0.25) is 0 Å². The molecule has 0 aromatic heterocycles. The number of ether oxygens (including phenoxy) is 2. The van der Waals surface area contributed by atoms with Crippen LogP contribution in [-0.2, 0) is 9.53 Å². The summed E-state index contributed by atoms with van der Waals surface area (Å²) in [6.07, 6.45) is 3.58. The minimum atomic E-state index is -0.460. The van der Waals surface area contributed by atoms with Crippen molar-refractivity contribution in [3.8, 4) is 5.75 Å². The maximum atomic E-state index is 11.9. The summed E-state index contributed by atoms with van der Waals surface area (Å²) in [4.78, 5) is 23.7. The zero-order valence-electron chi connectivity index (χ0n) is 12.3. The van der Waals surface area contributed by atoms with Gasteiger partial charge in [0.2, 0.25) is 0 Å². The molecule has 1 unspecified atom stereocenters. The van der Waals surface area contributed by atoms with Gasteiger partial charge < -0.3 is 9.47 Å². The van der Waals surface area contributed by atoms with Crippen molar-refractivity contribution in [1.82, 2.24) is 10.9 Å². The van der Waals surface area contributed by atoms with Crippen molar-refractivity contribution in [2.75, 3.05) is 13.2 Å². The average Bonchev–Trinajstić information content (AvgIpc) is 3.22. The second-order valence-electron chi connectivity index (χ2n) is 5.72. The Bertz CT molecular complexity index is 534. The highest BCUT2D eigenvalue weighted by atomic mass is 16.5. The first-order valence-corrected chi connectivity index (χ1v) is 7.67. The lowest BCUT2D eigenvalue weighted by atomic mass is 10.2. The van der Waals surface area contributed by atoms with E-state index in [1.807, 2.05) is 0 Å². The maximum Gasteiger partial charge on any atom is 0.269 e. The normalized spacial score (nSPS) is 20.5. The molecule has 1 aromatic carbocycles. The molecule has 0 spiro atoms.